The number of carbonyl (C=O) groups is 1. The Bertz CT molecular complexity index is 1860. The molecule has 0 heterocycles. The van der Waals surface area contributed by atoms with Crippen LogP contribution in [0.5, 0.6) is 0 Å². The van der Waals surface area contributed by atoms with Gasteiger partial charge in [-0.05, 0) is 68.6 Å². The summed E-state index contributed by atoms with van der Waals surface area (Å²) in [4.78, 5) is 12.4. The fourth-order valence-electron chi connectivity index (χ4n) is 5.11. The van der Waals surface area contributed by atoms with Crippen LogP contribution < -0.4 is 10.6 Å². The monoisotopic (exact) mass is 518 g/mol. The third-order valence-electron chi connectivity index (χ3n) is 6.90. The minimum atomic E-state index is -2.77. The van der Waals surface area contributed by atoms with Crippen molar-refractivity contribution in [3.63, 3.8) is 0 Å². The van der Waals surface area contributed by atoms with Crippen LogP contribution >= 0.6 is 7.80 Å². The molecule has 5 heteroatoms. The van der Waals surface area contributed by atoms with Crippen molar-refractivity contribution < 1.29 is 18.1 Å². The van der Waals surface area contributed by atoms with Gasteiger partial charge in [-0.25, -0.2) is 8.78 Å². The Morgan fingerprint density at radius 3 is 1.84 bits per heavy atom. The highest BCUT2D eigenvalue weighted by molar-refractivity contribution is 7.62. The van der Waals surface area contributed by atoms with Crippen molar-refractivity contribution >= 4 is 46.2 Å². The smallest absolute Gasteiger partial charge is 0.151 e. The minimum absolute atomic E-state index is 0.363. The van der Waals surface area contributed by atoms with Gasteiger partial charge in [0.05, 0.1) is 0 Å². The first-order valence-electron chi connectivity index (χ1n) is 12.1. The summed E-state index contributed by atoms with van der Waals surface area (Å²) in [6.45, 7) is 0. The molecular weight excluding hydrogens is 497 g/mol. The quantitative estimate of drug-likeness (QED) is 0.172. The second-order valence-corrected chi connectivity index (χ2v) is 10.8. The number of hydrogen-bond donors (Lipinski definition) is 0. The first kappa shape index (κ1) is 24.0. The van der Waals surface area contributed by atoms with Crippen LogP contribution in [0.3, 0.4) is 0 Å². The molecule has 6 aromatic rings. The predicted octanol–water partition coefficient (Wildman–Crippen LogP) is 7.93. The number of aldehydes is 1. The molecule has 6 aromatic carbocycles. The normalized spacial score (nSPS) is 12.1. The van der Waals surface area contributed by atoms with E-state index in [1.54, 1.807) is 30.3 Å². The molecule has 0 fully saturated rings. The second-order valence-electron chi connectivity index (χ2n) is 9.10. The molecule has 0 spiro atoms. The van der Waals surface area contributed by atoms with Gasteiger partial charge < -0.3 is 4.57 Å². The number of rotatable bonds is 5. The molecule has 0 saturated carbocycles. The number of carbonyl (C=O) groups excluding carboxylic acids is 1. The van der Waals surface area contributed by atoms with E-state index in [4.69, 9.17) is 0 Å². The molecule has 1 unspecified atom stereocenters. The first-order valence-corrected chi connectivity index (χ1v) is 13.6. The van der Waals surface area contributed by atoms with Crippen molar-refractivity contribution in [1.82, 2.24) is 0 Å². The van der Waals surface area contributed by atoms with Crippen LogP contribution in [0.1, 0.15) is 10.4 Å². The molecule has 1 atom stereocenters. The standard InChI is InChI=1S/C33H21F2O2P/c34-25-14-9-22(10-15-25)29-19-24-6-2-4-8-28(24)33(32(29)23-11-16-26(35)17-12-23)38(37)31-18-13-21-5-1-3-7-27(21)30(31)20-36/h1-20,38H. The van der Waals surface area contributed by atoms with E-state index in [0.717, 1.165) is 39.0 Å². The zero-order valence-corrected chi connectivity index (χ0v) is 21.1. The Hall–Kier alpha value is -4.40. The maximum Gasteiger partial charge on any atom is 0.151 e. The second kappa shape index (κ2) is 9.81. The number of fused-ring (bicyclic) bond motifs is 2. The van der Waals surface area contributed by atoms with Crippen molar-refractivity contribution in [2.45, 2.75) is 0 Å². The minimum Gasteiger partial charge on any atom is -0.317 e. The zero-order valence-electron chi connectivity index (χ0n) is 20.1. The van der Waals surface area contributed by atoms with Crippen LogP contribution in [-0.4, -0.2) is 6.29 Å². The third kappa shape index (κ3) is 4.13. The van der Waals surface area contributed by atoms with Crippen molar-refractivity contribution in [3.05, 3.63) is 132 Å². The van der Waals surface area contributed by atoms with Crippen LogP contribution in [0.15, 0.2) is 115 Å². The fourth-order valence-corrected chi connectivity index (χ4v) is 7.03. The Morgan fingerprint density at radius 1 is 0.605 bits per heavy atom. The van der Waals surface area contributed by atoms with Crippen LogP contribution in [0, 0.1) is 11.6 Å². The highest BCUT2D eigenvalue weighted by Crippen LogP contribution is 2.41. The fraction of sp³-hybridized carbons (Fsp3) is 0. The molecular formula is C33H21F2O2P. The van der Waals surface area contributed by atoms with Gasteiger partial charge in [-0.2, -0.15) is 0 Å². The summed E-state index contributed by atoms with van der Waals surface area (Å²) < 4.78 is 42.5. The molecule has 0 saturated heterocycles. The maximum atomic E-state index is 14.7. The lowest BCUT2D eigenvalue weighted by Gasteiger charge is -2.20. The van der Waals surface area contributed by atoms with E-state index >= 15 is 0 Å². The van der Waals surface area contributed by atoms with Crippen LogP contribution in [0.2, 0.25) is 0 Å². The Morgan fingerprint density at radius 2 is 1.18 bits per heavy atom. The van der Waals surface area contributed by atoms with Gasteiger partial charge in [0.1, 0.15) is 19.4 Å². The van der Waals surface area contributed by atoms with Gasteiger partial charge >= 0.3 is 0 Å². The number of benzene rings is 6. The Kier molecular flexibility index (Phi) is 6.19. The van der Waals surface area contributed by atoms with Gasteiger partial charge in [0.2, 0.25) is 0 Å². The lowest BCUT2D eigenvalue weighted by Crippen LogP contribution is -2.16. The summed E-state index contributed by atoms with van der Waals surface area (Å²) >= 11 is 0. The molecule has 0 aliphatic heterocycles. The summed E-state index contributed by atoms with van der Waals surface area (Å²) in [6.07, 6.45) is 0.768. The SMILES string of the molecule is O=Cc1c([PH](=O)c2c(-c3ccc(F)cc3)c(-c3ccc(F)cc3)cc3ccccc23)ccc2ccccc12. The molecule has 184 valence electrons. The van der Waals surface area contributed by atoms with Crippen molar-refractivity contribution in [3.8, 4) is 22.3 Å². The van der Waals surface area contributed by atoms with Crippen LogP contribution in [0.25, 0.3) is 43.8 Å². The topological polar surface area (TPSA) is 34.1 Å². The van der Waals surface area contributed by atoms with Crippen LogP contribution in [-0.2, 0) is 4.57 Å². The lowest BCUT2D eigenvalue weighted by atomic mass is 9.91. The predicted molar refractivity (Wildman–Crippen MR) is 152 cm³/mol. The lowest BCUT2D eigenvalue weighted by molar-refractivity contribution is 0.112. The summed E-state index contributed by atoms with van der Waals surface area (Å²) in [5.74, 6) is -0.747. The molecule has 0 bridgehead atoms. The van der Waals surface area contributed by atoms with E-state index < -0.39 is 7.80 Å². The molecule has 38 heavy (non-hydrogen) atoms. The average Bonchev–Trinajstić information content (AvgIpc) is 2.96. The van der Waals surface area contributed by atoms with E-state index in [9.17, 15) is 18.1 Å². The Balaban J connectivity index is 1.73. The first-order chi connectivity index (χ1) is 18.5. The van der Waals surface area contributed by atoms with E-state index in [1.807, 2.05) is 60.7 Å². The summed E-state index contributed by atoms with van der Waals surface area (Å²) in [5.41, 5.74) is 3.23. The maximum absolute atomic E-state index is 14.7. The van der Waals surface area contributed by atoms with E-state index in [1.165, 1.54) is 24.3 Å². The van der Waals surface area contributed by atoms with Gasteiger partial charge in [-0.3, -0.25) is 4.79 Å². The highest BCUT2D eigenvalue weighted by Gasteiger charge is 2.24. The van der Waals surface area contributed by atoms with E-state index in [0.29, 0.717) is 27.3 Å². The van der Waals surface area contributed by atoms with Gasteiger partial charge in [0.15, 0.2) is 6.29 Å². The molecule has 6 rings (SSSR count). The molecule has 2 nitrogen and oxygen atoms in total. The molecule has 0 aliphatic rings. The molecule has 0 aliphatic carbocycles. The summed E-state index contributed by atoms with van der Waals surface area (Å²) in [5, 5.41) is 4.31. The Labute approximate surface area is 219 Å². The summed E-state index contributed by atoms with van der Waals surface area (Å²) in [7, 11) is -2.77. The van der Waals surface area contributed by atoms with Crippen molar-refractivity contribution in [2.75, 3.05) is 0 Å². The van der Waals surface area contributed by atoms with Crippen LogP contribution in [0.4, 0.5) is 8.78 Å². The molecule has 0 aromatic heterocycles. The largest absolute Gasteiger partial charge is 0.317 e. The van der Waals surface area contributed by atoms with Gasteiger partial charge in [0, 0.05) is 21.7 Å². The van der Waals surface area contributed by atoms with Gasteiger partial charge in [-0.15, -0.1) is 0 Å². The average molecular weight is 518 g/mol. The molecule has 0 N–H and O–H groups in total. The summed E-state index contributed by atoms with van der Waals surface area (Å²) in [6, 6.07) is 33.0. The number of halogens is 2. The number of hydrogen-bond acceptors (Lipinski definition) is 2. The zero-order chi connectivity index (χ0) is 26.2. The van der Waals surface area contributed by atoms with E-state index in [-0.39, 0.29) is 11.6 Å². The van der Waals surface area contributed by atoms with Crippen molar-refractivity contribution in [2.24, 2.45) is 0 Å². The van der Waals surface area contributed by atoms with Gasteiger partial charge in [0.25, 0.3) is 0 Å². The van der Waals surface area contributed by atoms with Crippen molar-refractivity contribution in [1.29, 1.82) is 0 Å². The third-order valence-corrected chi connectivity index (χ3v) is 8.80. The molecule has 0 radical (unpaired) electrons. The van der Waals surface area contributed by atoms with Gasteiger partial charge in [-0.1, -0.05) is 84.9 Å². The molecule has 0 amide bonds. The van der Waals surface area contributed by atoms with E-state index in [2.05, 4.69) is 0 Å². The highest BCUT2D eigenvalue weighted by atomic mass is 31.1.